The summed E-state index contributed by atoms with van der Waals surface area (Å²) in [5.41, 5.74) is 6.18. The molecule has 2 rings (SSSR count). The lowest BCUT2D eigenvalue weighted by molar-refractivity contribution is 0.412. The predicted molar refractivity (Wildman–Crippen MR) is 131 cm³/mol. The molecule has 0 spiro atoms. The standard InChI is InChI=1S/C20H25N.C5H10O.C2H6/c1-5-17(6-2)20(18-10-8-7-9-11-18)21-16(4)14-19-13-12-15(19)3;1-3-4-5(2)6;1-2/h5,7-12,14,19H,6,13H2,1-4H3;4,6H,3H2,1-2H3;1-2H3/b16-14+,17-5-,21-20-;5-4-;/t19-;;/m0../s1. The molecule has 160 valence electrons. The molecule has 2 heteroatoms. The molecule has 1 N–H and O–H groups in total. The molecule has 2 nitrogen and oxygen atoms in total. The van der Waals surface area contributed by atoms with Crippen molar-refractivity contribution in [3.05, 3.63) is 82.8 Å². The Bertz CT molecular complexity index is 729. The molecule has 0 bridgehead atoms. The van der Waals surface area contributed by atoms with E-state index in [2.05, 4.69) is 70.2 Å². The number of benzene rings is 1. The van der Waals surface area contributed by atoms with Gasteiger partial charge in [-0.1, -0.05) is 81.8 Å². The Morgan fingerprint density at radius 2 is 1.76 bits per heavy atom. The van der Waals surface area contributed by atoms with Gasteiger partial charge in [0.15, 0.2) is 0 Å². The molecule has 0 saturated heterocycles. The van der Waals surface area contributed by atoms with Crippen molar-refractivity contribution in [3.63, 3.8) is 0 Å². The molecule has 0 aliphatic heterocycles. The average Bonchev–Trinajstić information content (AvgIpc) is 2.73. The van der Waals surface area contributed by atoms with Gasteiger partial charge in [0, 0.05) is 17.2 Å². The van der Waals surface area contributed by atoms with E-state index in [9.17, 15) is 0 Å². The zero-order valence-electron chi connectivity index (χ0n) is 19.8. The third-order valence-electron chi connectivity index (χ3n) is 4.59. The lowest BCUT2D eigenvalue weighted by atomic mass is 9.85. The molecule has 1 aliphatic rings. The highest BCUT2D eigenvalue weighted by Gasteiger charge is 2.15. The van der Waals surface area contributed by atoms with Gasteiger partial charge in [0.1, 0.15) is 0 Å². The summed E-state index contributed by atoms with van der Waals surface area (Å²) in [6.07, 6.45) is 11.6. The Morgan fingerprint density at radius 3 is 2.10 bits per heavy atom. The number of hydrogen-bond acceptors (Lipinski definition) is 2. The Morgan fingerprint density at radius 1 is 1.14 bits per heavy atom. The first-order chi connectivity index (χ1) is 13.9. The highest BCUT2D eigenvalue weighted by Crippen LogP contribution is 2.29. The van der Waals surface area contributed by atoms with E-state index in [1.165, 1.54) is 16.7 Å². The van der Waals surface area contributed by atoms with E-state index in [-0.39, 0.29) is 0 Å². The molecule has 1 atom stereocenters. The van der Waals surface area contributed by atoms with Crippen molar-refractivity contribution in [1.29, 1.82) is 0 Å². The third kappa shape index (κ3) is 10.1. The van der Waals surface area contributed by atoms with Crippen LogP contribution in [0.2, 0.25) is 0 Å². The largest absolute Gasteiger partial charge is 0.513 e. The number of allylic oxidation sites excluding steroid dienone is 8. The summed E-state index contributed by atoms with van der Waals surface area (Å²) in [5.74, 6) is 0.999. The van der Waals surface area contributed by atoms with Crippen molar-refractivity contribution >= 4 is 5.71 Å². The van der Waals surface area contributed by atoms with Crippen molar-refractivity contribution in [2.45, 2.75) is 74.7 Å². The van der Waals surface area contributed by atoms with Crippen LogP contribution in [0.3, 0.4) is 0 Å². The predicted octanol–water partition coefficient (Wildman–Crippen LogP) is 8.59. The van der Waals surface area contributed by atoms with E-state index in [1.54, 1.807) is 13.0 Å². The van der Waals surface area contributed by atoms with Crippen LogP contribution in [-0.4, -0.2) is 10.8 Å². The minimum atomic E-state index is 0.414. The number of aliphatic hydroxyl groups is 1. The van der Waals surface area contributed by atoms with Crippen LogP contribution in [-0.2, 0) is 0 Å². The van der Waals surface area contributed by atoms with E-state index in [0.717, 1.165) is 30.7 Å². The molecule has 0 unspecified atom stereocenters. The van der Waals surface area contributed by atoms with Gasteiger partial charge in [-0.2, -0.15) is 0 Å². The van der Waals surface area contributed by atoms with Crippen LogP contribution < -0.4 is 0 Å². The second-order valence-corrected chi connectivity index (χ2v) is 6.85. The van der Waals surface area contributed by atoms with Gasteiger partial charge in [-0.25, -0.2) is 0 Å². The first kappa shape index (κ1) is 26.6. The SMILES string of the molecule is CC.CC/C=C(/C)O.C\C=C(CC)/C(=N/C(C)=C/[C@@H]1CC=C1C)c1ccccc1. The molecule has 1 aromatic rings. The van der Waals surface area contributed by atoms with Crippen molar-refractivity contribution in [2.75, 3.05) is 0 Å². The molecule has 1 aliphatic carbocycles. The highest BCUT2D eigenvalue weighted by atomic mass is 16.3. The summed E-state index contributed by atoms with van der Waals surface area (Å²) >= 11 is 0. The molecule has 0 saturated carbocycles. The third-order valence-corrected chi connectivity index (χ3v) is 4.59. The quantitative estimate of drug-likeness (QED) is 0.292. The average molecular weight is 396 g/mol. The Labute approximate surface area is 179 Å². The molecular weight excluding hydrogens is 354 g/mol. The number of hydrogen-bond donors (Lipinski definition) is 1. The number of rotatable bonds is 6. The van der Waals surface area contributed by atoms with Crippen LogP contribution in [0.4, 0.5) is 0 Å². The summed E-state index contributed by atoms with van der Waals surface area (Å²) < 4.78 is 0. The fraction of sp³-hybridized carbons (Fsp3) is 0.444. The fourth-order valence-electron chi connectivity index (χ4n) is 2.92. The number of aliphatic hydroxyl groups excluding tert-OH is 1. The monoisotopic (exact) mass is 395 g/mol. The first-order valence-corrected chi connectivity index (χ1v) is 10.9. The van der Waals surface area contributed by atoms with E-state index in [4.69, 9.17) is 10.1 Å². The van der Waals surface area contributed by atoms with Crippen LogP contribution in [0.15, 0.2) is 82.2 Å². The van der Waals surface area contributed by atoms with Gasteiger partial charge in [-0.3, -0.25) is 4.99 Å². The molecular formula is C27H41NO. The maximum Gasteiger partial charge on any atom is 0.0851 e. The van der Waals surface area contributed by atoms with E-state index < -0.39 is 0 Å². The van der Waals surface area contributed by atoms with Crippen LogP contribution in [0, 0.1) is 5.92 Å². The Balaban J connectivity index is 0.000000841. The topological polar surface area (TPSA) is 32.6 Å². The van der Waals surface area contributed by atoms with Gasteiger partial charge in [-0.05, 0) is 58.6 Å². The van der Waals surface area contributed by atoms with Gasteiger partial charge >= 0.3 is 0 Å². The molecule has 0 fully saturated rings. The number of aliphatic imine (C=N–C) groups is 1. The smallest absolute Gasteiger partial charge is 0.0851 e. The van der Waals surface area contributed by atoms with Crippen molar-refractivity contribution < 1.29 is 5.11 Å². The fourth-order valence-corrected chi connectivity index (χ4v) is 2.92. The molecule has 0 radical (unpaired) electrons. The summed E-state index contributed by atoms with van der Waals surface area (Å²) in [7, 11) is 0. The molecule has 0 amide bonds. The molecule has 0 heterocycles. The van der Waals surface area contributed by atoms with Gasteiger partial charge in [0.25, 0.3) is 0 Å². The van der Waals surface area contributed by atoms with Crippen molar-refractivity contribution in [2.24, 2.45) is 10.9 Å². The second kappa shape index (κ2) is 15.6. The zero-order valence-corrected chi connectivity index (χ0v) is 19.8. The van der Waals surface area contributed by atoms with Crippen LogP contribution in [0.5, 0.6) is 0 Å². The van der Waals surface area contributed by atoms with Crippen LogP contribution >= 0.6 is 0 Å². The second-order valence-electron chi connectivity index (χ2n) is 6.85. The summed E-state index contributed by atoms with van der Waals surface area (Å²) in [6, 6.07) is 10.5. The lowest BCUT2D eigenvalue weighted by Gasteiger charge is -2.21. The summed E-state index contributed by atoms with van der Waals surface area (Å²) in [6.45, 7) is 16.2. The maximum absolute atomic E-state index is 8.41. The Kier molecular flexibility index (Phi) is 14.3. The van der Waals surface area contributed by atoms with Gasteiger partial charge < -0.3 is 5.11 Å². The van der Waals surface area contributed by atoms with Crippen molar-refractivity contribution in [3.8, 4) is 0 Å². The van der Waals surface area contributed by atoms with E-state index in [0.29, 0.717) is 11.7 Å². The maximum atomic E-state index is 8.41. The first-order valence-electron chi connectivity index (χ1n) is 10.9. The number of nitrogens with zero attached hydrogens (tertiary/aromatic N) is 1. The summed E-state index contributed by atoms with van der Waals surface area (Å²) in [4.78, 5) is 4.93. The van der Waals surface area contributed by atoms with Crippen LogP contribution in [0.1, 0.15) is 80.2 Å². The molecule has 0 aromatic heterocycles. The molecule has 1 aromatic carbocycles. The van der Waals surface area contributed by atoms with E-state index >= 15 is 0 Å². The lowest BCUT2D eigenvalue weighted by Crippen LogP contribution is -2.08. The van der Waals surface area contributed by atoms with Gasteiger partial charge in [0.05, 0.1) is 11.5 Å². The minimum absolute atomic E-state index is 0.414. The Hall–Kier alpha value is -2.35. The summed E-state index contributed by atoms with van der Waals surface area (Å²) in [5, 5.41) is 8.41. The highest BCUT2D eigenvalue weighted by molar-refractivity contribution is 6.13. The van der Waals surface area contributed by atoms with Crippen molar-refractivity contribution in [1.82, 2.24) is 0 Å². The minimum Gasteiger partial charge on any atom is -0.513 e. The zero-order chi connectivity index (χ0) is 22.2. The van der Waals surface area contributed by atoms with E-state index in [1.807, 2.05) is 26.8 Å². The molecule has 29 heavy (non-hydrogen) atoms. The van der Waals surface area contributed by atoms with Gasteiger partial charge in [-0.15, -0.1) is 0 Å². The van der Waals surface area contributed by atoms with Crippen LogP contribution in [0.25, 0.3) is 0 Å². The normalized spacial score (nSPS) is 17.2. The van der Waals surface area contributed by atoms with Gasteiger partial charge in [0.2, 0.25) is 0 Å².